The van der Waals surface area contributed by atoms with Crippen LogP contribution in [0.2, 0.25) is 0 Å². The summed E-state index contributed by atoms with van der Waals surface area (Å²) in [7, 11) is 0. The molecule has 0 saturated carbocycles. The maximum absolute atomic E-state index is 10.8. The van der Waals surface area contributed by atoms with Gasteiger partial charge in [0.05, 0.1) is 5.69 Å². The second kappa shape index (κ2) is 4.50. The molecule has 0 saturated heterocycles. The Labute approximate surface area is 99.3 Å². The van der Waals surface area contributed by atoms with E-state index >= 15 is 0 Å². The number of rotatable bonds is 3. The molecule has 7 heteroatoms. The van der Waals surface area contributed by atoms with Crippen molar-refractivity contribution in [2.24, 2.45) is 0 Å². The van der Waals surface area contributed by atoms with Crippen LogP contribution in [0.5, 0.6) is 0 Å². The monoisotopic (exact) mass is 253 g/mol. The molecule has 0 bridgehead atoms. The third-order valence-electron chi connectivity index (χ3n) is 1.79. The summed E-state index contributed by atoms with van der Waals surface area (Å²) in [5.41, 5.74) is 0.857. The first-order valence-electron chi connectivity index (χ1n) is 4.32. The zero-order chi connectivity index (χ0) is 11.5. The fourth-order valence-corrected chi connectivity index (χ4v) is 2.33. The van der Waals surface area contributed by atoms with Crippen molar-refractivity contribution in [2.75, 3.05) is 0 Å². The van der Waals surface area contributed by atoms with E-state index in [9.17, 15) is 4.79 Å². The second-order valence-corrected chi connectivity index (χ2v) is 4.77. The van der Waals surface area contributed by atoms with Crippen LogP contribution in [0.1, 0.15) is 26.1 Å². The number of aromatic carboxylic acids is 1. The molecule has 82 valence electrons. The highest BCUT2D eigenvalue weighted by Gasteiger charge is 2.12. The van der Waals surface area contributed by atoms with Crippen LogP contribution in [-0.4, -0.2) is 25.6 Å². The molecule has 5 nitrogen and oxygen atoms in total. The van der Waals surface area contributed by atoms with E-state index in [0.29, 0.717) is 9.88 Å². The molecule has 1 N–H and O–H groups in total. The van der Waals surface area contributed by atoms with Crippen molar-refractivity contribution >= 4 is 41.0 Å². The predicted molar refractivity (Wildman–Crippen MR) is 62.6 cm³/mol. The number of hydrogen-bond donors (Lipinski definition) is 1. The number of carboxylic acids is 1. The van der Waals surface area contributed by atoms with E-state index in [1.54, 1.807) is 24.5 Å². The molecular weight excluding hydrogens is 246 g/mol. The standard InChI is InChI=1S/C9H7N3O2S2/c1-5-8(9(13)14)10-7(16-5)3-2-6-4-15-12-11-6/h2-4H,1H3,(H,13,14)/b3-2+. The lowest BCUT2D eigenvalue weighted by Gasteiger charge is -1.85. The van der Waals surface area contributed by atoms with Gasteiger partial charge in [-0.15, -0.1) is 16.4 Å². The lowest BCUT2D eigenvalue weighted by Crippen LogP contribution is -1.98. The van der Waals surface area contributed by atoms with E-state index in [2.05, 4.69) is 14.6 Å². The fraction of sp³-hybridized carbons (Fsp3) is 0.111. The van der Waals surface area contributed by atoms with E-state index in [1.807, 2.05) is 0 Å². The van der Waals surface area contributed by atoms with Gasteiger partial charge in [-0.05, 0) is 30.6 Å². The van der Waals surface area contributed by atoms with Crippen molar-refractivity contribution in [3.8, 4) is 0 Å². The van der Waals surface area contributed by atoms with Gasteiger partial charge in [0.25, 0.3) is 0 Å². The minimum atomic E-state index is -0.997. The van der Waals surface area contributed by atoms with Gasteiger partial charge in [-0.1, -0.05) is 4.49 Å². The minimum Gasteiger partial charge on any atom is -0.476 e. The predicted octanol–water partition coefficient (Wildman–Crippen LogP) is 2.17. The summed E-state index contributed by atoms with van der Waals surface area (Å²) in [6.45, 7) is 1.74. The molecular formula is C9H7N3O2S2. The highest BCUT2D eigenvalue weighted by atomic mass is 32.1. The minimum absolute atomic E-state index is 0.112. The lowest BCUT2D eigenvalue weighted by atomic mass is 10.4. The van der Waals surface area contributed by atoms with Crippen molar-refractivity contribution in [3.05, 3.63) is 26.7 Å². The largest absolute Gasteiger partial charge is 0.476 e. The van der Waals surface area contributed by atoms with Gasteiger partial charge in [-0.25, -0.2) is 9.78 Å². The van der Waals surface area contributed by atoms with Gasteiger partial charge in [0.15, 0.2) is 5.69 Å². The molecule has 0 amide bonds. The Hall–Kier alpha value is -1.60. The molecule has 0 spiro atoms. The third-order valence-corrected chi connectivity index (χ3v) is 3.25. The van der Waals surface area contributed by atoms with Crippen LogP contribution in [-0.2, 0) is 0 Å². The SMILES string of the molecule is Cc1sc(/C=C/c2csnn2)nc1C(=O)O. The molecule has 0 aliphatic carbocycles. The normalized spacial score (nSPS) is 11.1. The van der Waals surface area contributed by atoms with Gasteiger partial charge in [0.2, 0.25) is 0 Å². The number of carboxylic acid groups (broad SMARTS) is 1. The molecule has 2 aromatic rings. The van der Waals surface area contributed by atoms with Crippen LogP contribution in [0.15, 0.2) is 5.38 Å². The molecule has 2 rings (SSSR count). The van der Waals surface area contributed by atoms with E-state index in [-0.39, 0.29) is 5.69 Å². The Morgan fingerprint density at radius 2 is 2.31 bits per heavy atom. The third kappa shape index (κ3) is 2.31. The Morgan fingerprint density at radius 3 is 2.88 bits per heavy atom. The van der Waals surface area contributed by atoms with Crippen molar-refractivity contribution < 1.29 is 9.90 Å². The van der Waals surface area contributed by atoms with Gasteiger partial charge in [0.1, 0.15) is 5.01 Å². The zero-order valence-electron chi connectivity index (χ0n) is 8.25. The molecule has 2 aromatic heterocycles. The van der Waals surface area contributed by atoms with Crippen molar-refractivity contribution in [3.63, 3.8) is 0 Å². The number of aromatic nitrogens is 3. The van der Waals surface area contributed by atoms with Crippen molar-refractivity contribution in [1.82, 2.24) is 14.6 Å². The van der Waals surface area contributed by atoms with Crippen LogP contribution < -0.4 is 0 Å². The molecule has 0 aliphatic rings. The van der Waals surface area contributed by atoms with Crippen molar-refractivity contribution in [2.45, 2.75) is 6.92 Å². The molecule has 0 aromatic carbocycles. The van der Waals surface area contributed by atoms with Crippen LogP contribution in [0.3, 0.4) is 0 Å². The highest BCUT2D eigenvalue weighted by molar-refractivity contribution is 7.12. The maximum Gasteiger partial charge on any atom is 0.355 e. The van der Waals surface area contributed by atoms with E-state index < -0.39 is 5.97 Å². The van der Waals surface area contributed by atoms with Gasteiger partial charge in [0, 0.05) is 10.3 Å². The average molecular weight is 253 g/mol. The first-order chi connectivity index (χ1) is 7.66. The average Bonchev–Trinajstić information content (AvgIpc) is 2.83. The number of aryl methyl sites for hydroxylation is 1. The van der Waals surface area contributed by atoms with Crippen LogP contribution in [0.25, 0.3) is 12.2 Å². The zero-order valence-corrected chi connectivity index (χ0v) is 9.88. The molecule has 0 fully saturated rings. The van der Waals surface area contributed by atoms with Crippen LogP contribution >= 0.6 is 22.9 Å². The molecule has 0 radical (unpaired) electrons. The van der Waals surface area contributed by atoms with Crippen LogP contribution in [0.4, 0.5) is 0 Å². The molecule has 2 heterocycles. The topological polar surface area (TPSA) is 76.0 Å². The Kier molecular flexibility index (Phi) is 3.07. The van der Waals surface area contributed by atoms with Crippen LogP contribution in [0, 0.1) is 6.92 Å². The molecule has 0 atom stereocenters. The first-order valence-corrected chi connectivity index (χ1v) is 5.98. The van der Waals surface area contributed by atoms with Gasteiger partial charge >= 0.3 is 5.97 Å². The summed E-state index contributed by atoms with van der Waals surface area (Å²) in [6, 6.07) is 0. The summed E-state index contributed by atoms with van der Waals surface area (Å²) in [4.78, 5) is 15.5. The quantitative estimate of drug-likeness (QED) is 0.907. The summed E-state index contributed by atoms with van der Waals surface area (Å²) >= 11 is 2.61. The molecule has 0 aliphatic heterocycles. The van der Waals surface area contributed by atoms with Gasteiger partial charge < -0.3 is 5.11 Å². The Balaban J connectivity index is 2.23. The Morgan fingerprint density at radius 1 is 1.50 bits per heavy atom. The Bertz CT molecular complexity index is 531. The number of carbonyl (C=O) groups is 1. The fourth-order valence-electron chi connectivity index (χ4n) is 1.09. The maximum atomic E-state index is 10.8. The number of hydrogen-bond acceptors (Lipinski definition) is 6. The first kappa shape index (κ1) is 10.9. The molecule has 16 heavy (non-hydrogen) atoms. The summed E-state index contributed by atoms with van der Waals surface area (Å²) < 4.78 is 3.71. The molecule has 0 unspecified atom stereocenters. The van der Waals surface area contributed by atoms with E-state index in [4.69, 9.17) is 5.11 Å². The van der Waals surface area contributed by atoms with E-state index in [0.717, 1.165) is 5.69 Å². The van der Waals surface area contributed by atoms with E-state index in [1.165, 1.54) is 22.9 Å². The van der Waals surface area contributed by atoms with Gasteiger partial charge in [-0.2, -0.15) is 0 Å². The summed E-state index contributed by atoms with van der Waals surface area (Å²) in [5.74, 6) is -0.997. The number of thiazole rings is 1. The van der Waals surface area contributed by atoms with Crippen molar-refractivity contribution in [1.29, 1.82) is 0 Å². The lowest BCUT2D eigenvalue weighted by molar-refractivity contribution is 0.0690. The van der Waals surface area contributed by atoms with Gasteiger partial charge in [-0.3, -0.25) is 0 Å². The second-order valence-electron chi connectivity index (χ2n) is 2.93. The summed E-state index contributed by atoms with van der Waals surface area (Å²) in [6.07, 6.45) is 3.49. The highest BCUT2D eigenvalue weighted by Crippen LogP contribution is 2.19. The number of nitrogens with zero attached hydrogens (tertiary/aromatic N) is 3. The smallest absolute Gasteiger partial charge is 0.355 e. The summed E-state index contributed by atoms with van der Waals surface area (Å²) in [5, 5.41) is 15.1.